The van der Waals surface area contributed by atoms with Gasteiger partial charge in [0.25, 0.3) is 11.5 Å². The van der Waals surface area contributed by atoms with E-state index >= 15 is 0 Å². The maximum absolute atomic E-state index is 12.4. The van der Waals surface area contributed by atoms with E-state index in [0.717, 1.165) is 10.6 Å². The normalized spacial score (nSPS) is 13.2. The van der Waals surface area contributed by atoms with Gasteiger partial charge in [0.15, 0.2) is 11.5 Å². The van der Waals surface area contributed by atoms with Crippen LogP contribution in [0.15, 0.2) is 64.5 Å². The van der Waals surface area contributed by atoms with E-state index in [1.165, 1.54) is 30.0 Å². The molecule has 0 spiro atoms. The quantitative estimate of drug-likeness (QED) is 0.703. The fraction of sp³-hybridized carbons (Fsp3) is 0.100. The Bertz CT molecular complexity index is 1140. The summed E-state index contributed by atoms with van der Waals surface area (Å²) in [6, 6.07) is 15.3. The van der Waals surface area contributed by atoms with E-state index in [1.807, 2.05) is 30.3 Å². The molecule has 0 saturated heterocycles. The van der Waals surface area contributed by atoms with Gasteiger partial charge in [0.2, 0.25) is 5.95 Å². The number of phenols is 1. The summed E-state index contributed by atoms with van der Waals surface area (Å²) in [5.41, 5.74) is 1.54. The van der Waals surface area contributed by atoms with Crippen LogP contribution in [-0.2, 0) is 11.3 Å². The summed E-state index contributed by atoms with van der Waals surface area (Å²) < 4.78 is 6.35. The van der Waals surface area contributed by atoms with Crippen molar-refractivity contribution in [3.05, 3.63) is 70.5 Å². The van der Waals surface area contributed by atoms with Gasteiger partial charge in [-0.2, -0.15) is 10.1 Å². The van der Waals surface area contributed by atoms with Crippen molar-refractivity contribution >= 4 is 18.1 Å². The molecule has 1 N–H and O–H groups in total. The fourth-order valence-corrected chi connectivity index (χ4v) is 2.89. The summed E-state index contributed by atoms with van der Waals surface area (Å²) >= 11 is 0. The number of rotatable bonds is 4. The second-order valence-corrected chi connectivity index (χ2v) is 6.11. The maximum atomic E-state index is 12.4. The first-order valence-corrected chi connectivity index (χ1v) is 8.48. The van der Waals surface area contributed by atoms with Crippen molar-refractivity contribution in [3.63, 3.8) is 0 Å². The summed E-state index contributed by atoms with van der Waals surface area (Å²) in [7, 11) is 1.44. The Balaban J connectivity index is 1.72. The number of phenolic OH excluding ortho intramolecular Hbond substituents is 1. The Morgan fingerprint density at radius 1 is 1.14 bits per heavy atom. The zero-order chi connectivity index (χ0) is 19.7. The Kier molecular flexibility index (Phi) is 4.36. The van der Waals surface area contributed by atoms with Gasteiger partial charge in [0.1, 0.15) is 6.54 Å². The van der Waals surface area contributed by atoms with Crippen LogP contribution in [0.5, 0.6) is 11.5 Å². The lowest BCUT2D eigenvalue weighted by Crippen LogP contribution is -2.21. The number of aromatic nitrogens is 2. The molecule has 0 radical (unpaired) electrons. The number of hydrazone groups is 1. The first kappa shape index (κ1) is 17.5. The SMILES string of the molecule is COc1cc(/C=N\N2C(=O)Cn3c2nc(-c2ccccc2)cc3=O)ccc1O. The van der Waals surface area contributed by atoms with Crippen molar-refractivity contribution < 1.29 is 14.6 Å². The summed E-state index contributed by atoms with van der Waals surface area (Å²) in [5, 5.41) is 15.0. The molecule has 0 saturated carbocycles. The first-order chi connectivity index (χ1) is 13.6. The Morgan fingerprint density at radius 3 is 2.68 bits per heavy atom. The van der Waals surface area contributed by atoms with Gasteiger partial charge < -0.3 is 9.84 Å². The molecule has 1 amide bonds. The number of carbonyl (C=O) groups is 1. The maximum Gasteiger partial charge on any atom is 0.270 e. The summed E-state index contributed by atoms with van der Waals surface area (Å²) in [4.78, 5) is 29.3. The number of amides is 1. The summed E-state index contributed by atoms with van der Waals surface area (Å²) in [6.45, 7) is -0.119. The van der Waals surface area contributed by atoms with Crippen molar-refractivity contribution in [2.24, 2.45) is 5.10 Å². The number of hydrogen-bond acceptors (Lipinski definition) is 6. The lowest BCUT2D eigenvalue weighted by molar-refractivity contribution is -0.118. The molecule has 1 aromatic heterocycles. The number of carbonyl (C=O) groups excluding carboxylic acids is 1. The molecule has 0 aliphatic carbocycles. The third-order valence-electron chi connectivity index (χ3n) is 4.30. The van der Waals surface area contributed by atoms with Crippen molar-refractivity contribution in [3.8, 4) is 22.8 Å². The summed E-state index contributed by atoms with van der Waals surface area (Å²) in [6.07, 6.45) is 1.44. The second-order valence-electron chi connectivity index (χ2n) is 6.11. The number of aromatic hydroxyl groups is 1. The monoisotopic (exact) mass is 376 g/mol. The van der Waals surface area contributed by atoms with Crippen LogP contribution in [0.25, 0.3) is 11.3 Å². The minimum Gasteiger partial charge on any atom is -0.504 e. The molecule has 2 heterocycles. The molecule has 1 aliphatic heterocycles. The van der Waals surface area contributed by atoms with Gasteiger partial charge in [0.05, 0.1) is 19.0 Å². The van der Waals surface area contributed by atoms with E-state index in [2.05, 4.69) is 10.1 Å². The predicted molar refractivity (Wildman–Crippen MR) is 104 cm³/mol. The minimum absolute atomic E-state index is 0.00275. The standard InChI is InChI=1S/C20H16N4O4/c1-28-17-9-13(7-8-16(17)25)11-21-24-19(27)12-23-18(26)10-15(22-20(23)24)14-5-3-2-4-6-14/h2-11,25H,12H2,1H3/b21-11-. The second kappa shape index (κ2) is 6.99. The number of hydrogen-bond donors (Lipinski definition) is 1. The molecular formula is C20H16N4O4. The molecule has 0 atom stereocenters. The molecular weight excluding hydrogens is 360 g/mol. The largest absolute Gasteiger partial charge is 0.504 e. The zero-order valence-corrected chi connectivity index (χ0v) is 14.9. The van der Waals surface area contributed by atoms with Crippen LogP contribution in [-0.4, -0.2) is 33.9 Å². The number of fused-ring (bicyclic) bond motifs is 1. The van der Waals surface area contributed by atoms with Crippen LogP contribution in [0.4, 0.5) is 5.95 Å². The molecule has 4 rings (SSSR count). The Hall–Kier alpha value is -3.94. The van der Waals surface area contributed by atoms with E-state index in [0.29, 0.717) is 11.3 Å². The van der Waals surface area contributed by atoms with Crippen LogP contribution in [0.3, 0.4) is 0 Å². The topological polar surface area (TPSA) is 97.0 Å². The highest BCUT2D eigenvalue weighted by atomic mass is 16.5. The molecule has 8 nitrogen and oxygen atoms in total. The van der Waals surface area contributed by atoms with Crippen LogP contribution in [0.2, 0.25) is 0 Å². The van der Waals surface area contributed by atoms with E-state index in [1.54, 1.807) is 12.1 Å². The van der Waals surface area contributed by atoms with Crippen LogP contribution in [0.1, 0.15) is 5.56 Å². The number of methoxy groups -OCH3 is 1. The van der Waals surface area contributed by atoms with E-state index in [9.17, 15) is 14.7 Å². The molecule has 140 valence electrons. The molecule has 1 aliphatic rings. The Morgan fingerprint density at radius 2 is 1.93 bits per heavy atom. The zero-order valence-electron chi connectivity index (χ0n) is 14.9. The molecule has 2 aromatic carbocycles. The number of nitrogens with zero attached hydrogens (tertiary/aromatic N) is 4. The molecule has 0 fully saturated rings. The van der Waals surface area contributed by atoms with Crippen molar-refractivity contribution in [1.29, 1.82) is 0 Å². The average molecular weight is 376 g/mol. The highest BCUT2D eigenvalue weighted by Crippen LogP contribution is 2.26. The van der Waals surface area contributed by atoms with Crippen LogP contribution >= 0.6 is 0 Å². The Labute approximate surface area is 160 Å². The molecule has 0 unspecified atom stereocenters. The van der Waals surface area contributed by atoms with Gasteiger partial charge in [-0.25, -0.2) is 4.98 Å². The van der Waals surface area contributed by atoms with Gasteiger partial charge >= 0.3 is 0 Å². The van der Waals surface area contributed by atoms with Gasteiger partial charge in [-0.3, -0.25) is 14.2 Å². The van der Waals surface area contributed by atoms with Crippen molar-refractivity contribution in [2.45, 2.75) is 6.54 Å². The van der Waals surface area contributed by atoms with E-state index in [4.69, 9.17) is 4.74 Å². The van der Waals surface area contributed by atoms with Crippen molar-refractivity contribution in [1.82, 2.24) is 9.55 Å². The number of benzene rings is 2. The first-order valence-electron chi connectivity index (χ1n) is 8.48. The van der Waals surface area contributed by atoms with Gasteiger partial charge in [-0.1, -0.05) is 30.3 Å². The predicted octanol–water partition coefficient (Wildman–Crippen LogP) is 2.01. The fourth-order valence-electron chi connectivity index (χ4n) is 2.89. The molecule has 3 aromatic rings. The summed E-state index contributed by atoms with van der Waals surface area (Å²) in [5.74, 6) is 0.0934. The van der Waals surface area contributed by atoms with Gasteiger partial charge in [-0.05, 0) is 23.8 Å². The number of ether oxygens (including phenoxy) is 1. The van der Waals surface area contributed by atoms with Gasteiger partial charge in [0, 0.05) is 11.6 Å². The highest BCUT2D eigenvalue weighted by molar-refractivity contribution is 5.96. The highest BCUT2D eigenvalue weighted by Gasteiger charge is 2.30. The van der Waals surface area contributed by atoms with E-state index in [-0.39, 0.29) is 35.5 Å². The molecule has 8 heteroatoms. The third-order valence-corrected chi connectivity index (χ3v) is 4.30. The van der Waals surface area contributed by atoms with Crippen LogP contribution in [0, 0.1) is 0 Å². The van der Waals surface area contributed by atoms with Gasteiger partial charge in [-0.15, -0.1) is 0 Å². The van der Waals surface area contributed by atoms with E-state index < -0.39 is 0 Å². The minimum atomic E-state index is -0.364. The molecule has 28 heavy (non-hydrogen) atoms. The number of anilines is 1. The lowest BCUT2D eigenvalue weighted by atomic mass is 10.1. The third kappa shape index (κ3) is 3.11. The average Bonchev–Trinajstić information content (AvgIpc) is 3.04. The molecule has 0 bridgehead atoms. The van der Waals surface area contributed by atoms with Crippen molar-refractivity contribution in [2.75, 3.05) is 12.1 Å². The smallest absolute Gasteiger partial charge is 0.270 e. The van der Waals surface area contributed by atoms with Crippen LogP contribution < -0.4 is 15.3 Å². The lowest BCUT2D eigenvalue weighted by Gasteiger charge is -2.10.